The fraction of sp³-hybridized carbons (Fsp3) is 0.188. The number of rotatable bonds is 2. The number of amides is 1. The second-order valence-corrected chi connectivity index (χ2v) is 5.14. The number of aryl methyl sites for hydroxylation is 2. The van der Waals surface area contributed by atoms with Crippen LogP contribution in [0.4, 0.5) is 20.2 Å². The zero-order valence-electron chi connectivity index (χ0n) is 11.2. The van der Waals surface area contributed by atoms with Crippen molar-refractivity contribution in [1.29, 1.82) is 0 Å². The average molecular weight is 288 g/mol. The van der Waals surface area contributed by atoms with Gasteiger partial charge in [-0.25, -0.2) is 8.78 Å². The third kappa shape index (κ3) is 2.59. The summed E-state index contributed by atoms with van der Waals surface area (Å²) in [7, 11) is 0. The summed E-state index contributed by atoms with van der Waals surface area (Å²) in [5.74, 6) is -2.45. The van der Waals surface area contributed by atoms with Crippen molar-refractivity contribution in [2.45, 2.75) is 19.3 Å². The van der Waals surface area contributed by atoms with E-state index in [0.29, 0.717) is 11.8 Å². The Balaban J connectivity index is 1.85. The van der Waals surface area contributed by atoms with Gasteiger partial charge in [0.1, 0.15) is 11.6 Å². The topological polar surface area (TPSA) is 55.1 Å². The zero-order valence-corrected chi connectivity index (χ0v) is 11.2. The maximum Gasteiger partial charge on any atom is 0.258 e. The maximum atomic E-state index is 13.6. The number of hydrogen-bond acceptors (Lipinski definition) is 2. The molecule has 3 nitrogen and oxygen atoms in total. The Labute approximate surface area is 120 Å². The summed E-state index contributed by atoms with van der Waals surface area (Å²) >= 11 is 0. The van der Waals surface area contributed by atoms with Crippen LogP contribution in [0.1, 0.15) is 27.9 Å². The van der Waals surface area contributed by atoms with E-state index in [1.807, 2.05) is 12.1 Å². The highest BCUT2D eigenvalue weighted by Gasteiger charge is 2.16. The van der Waals surface area contributed by atoms with E-state index in [4.69, 9.17) is 5.73 Å². The number of benzene rings is 2. The first-order chi connectivity index (χ1) is 10.0. The molecule has 3 N–H and O–H groups in total. The third-order valence-electron chi connectivity index (χ3n) is 3.69. The number of nitrogens with two attached hydrogens (primary N) is 1. The first-order valence-electron chi connectivity index (χ1n) is 6.72. The number of hydrogen-bond donors (Lipinski definition) is 2. The largest absolute Gasteiger partial charge is 0.396 e. The Kier molecular flexibility index (Phi) is 3.33. The summed E-state index contributed by atoms with van der Waals surface area (Å²) in [6.07, 6.45) is 3.14. The van der Waals surface area contributed by atoms with Gasteiger partial charge >= 0.3 is 0 Å². The first-order valence-corrected chi connectivity index (χ1v) is 6.72. The molecule has 0 bridgehead atoms. The van der Waals surface area contributed by atoms with Crippen molar-refractivity contribution in [3.63, 3.8) is 0 Å². The van der Waals surface area contributed by atoms with Crippen LogP contribution in [0.5, 0.6) is 0 Å². The number of anilines is 2. The number of fused-ring (bicyclic) bond motifs is 1. The molecule has 0 unspecified atom stereocenters. The number of carbonyl (C=O) groups excluding carboxylic acids is 1. The van der Waals surface area contributed by atoms with Crippen molar-refractivity contribution < 1.29 is 13.6 Å². The van der Waals surface area contributed by atoms with Crippen molar-refractivity contribution in [3.8, 4) is 0 Å². The van der Waals surface area contributed by atoms with Crippen molar-refractivity contribution in [2.75, 3.05) is 11.1 Å². The molecule has 3 rings (SSSR count). The van der Waals surface area contributed by atoms with E-state index in [9.17, 15) is 13.6 Å². The molecule has 0 aliphatic heterocycles. The molecule has 1 amide bonds. The van der Waals surface area contributed by atoms with Gasteiger partial charge in [-0.05, 0) is 48.6 Å². The van der Waals surface area contributed by atoms with Crippen LogP contribution in [-0.2, 0) is 12.8 Å². The number of halogens is 2. The summed E-state index contributed by atoms with van der Waals surface area (Å²) in [6, 6.07) is 7.27. The highest BCUT2D eigenvalue weighted by atomic mass is 19.1. The molecule has 0 aromatic heterocycles. The minimum atomic E-state index is -0.930. The molecule has 108 valence electrons. The van der Waals surface area contributed by atoms with Crippen molar-refractivity contribution in [1.82, 2.24) is 0 Å². The predicted octanol–water partition coefficient (Wildman–Crippen LogP) is 3.29. The minimum absolute atomic E-state index is 0.254. The van der Waals surface area contributed by atoms with Gasteiger partial charge in [-0.3, -0.25) is 4.79 Å². The monoisotopic (exact) mass is 288 g/mol. The first kappa shape index (κ1) is 13.5. The molecule has 0 atom stereocenters. The molecule has 0 spiro atoms. The molecule has 21 heavy (non-hydrogen) atoms. The molecule has 2 aromatic carbocycles. The fourth-order valence-electron chi connectivity index (χ4n) is 2.59. The van der Waals surface area contributed by atoms with E-state index in [-0.39, 0.29) is 11.3 Å². The van der Waals surface area contributed by atoms with Gasteiger partial charge in [0, 0.05) is 11.8 Å². The van der Waals surface area contributed by atoms with Gasteiger partial charge in [0.05, 0.1) is 11.3 Å². The highest BCUT2D eigenvalue weighted by Crippen LogP contribution is 2.25. The van der Waals surface area contributed by atoms with E-state index in [2.05, 4.69) is 5.32 Å². The fourth-order valence-corrected chi connectivity index (χ4v) is 2.59. The van der Waals surface area contributed by atoms with E-state index < -0.39 is 17.5 Å². The van der Waals surface area contributed by atoms with Crippen LogP contribution >= 0.6 is 0 Å². The smallest absolute Gasteiger partial charge is 0.258 e. The van der Waals surface area contributed by atoms with E-state index in [1.54, 1.807) is 6.07 Å². The Hall–Kier alpha value is -2.43. The number of carbonyl (C=O) groups is 1. The normalized spacial score (nSPS) is 13.0. The third-order valence-corrected chi connectivity index (χ3v) is 3.69. The molecular weight excluding hydrogens is 274 g/mol. The SMILES string of the molecule is Nc1cc(C(=O)Nc2ccc3c(c2)CCC3)c(F)cc1F. The molecule has 0 saturated carbocycles. The van der Waals surface area contributed by atoms with Gasteiger partial charge < -0.3 is 11.1 Å². The van der Waals surface area contributed by atoms with Crippen LogP contribution < -0.4 is 11.1 Å². The lowest BCUT2D eigenvalue weighted by Gasteiger charge is -2.09. The minimum Gasteiger partial charge on any atom is -0.396 e. The molecular formula is C16H14F2N2O. The van der Waals surface area contributed by atoms with Gasteiger partial charge in [0.25, 0.3) is 5.91 Å². The van der Waals surface area contributed by atoms with Crippen LogP contribution in [0.3, 0.4) is 0 Å². The molecule has 1 aliphatic carbocycles. The molecule has 5 heteroatoms. The highest BCUT2D eigenvalue weighted by molar-refractivity contribution is 6.05. The van der Waals surface area contributed by atoms with Crippen LogP contribution in [0.15, 0.2) is 30.3 Å². The standard InChI is InChI=1S/C16H14F2N2O/c17-13-8-14(18)15(19)7-12(13)16(21)20-11-5-4-9-2-1-3-10(9)6-11/h4-8H,1-3,19H2,(H,20,21). The van der Waals surface area contributed by atoms with Gasteiger partial charge in [-0.2, -0.15) is 0 Å². The van der Waals surface area contributed by atoms with Crippen LogP contribution in [0.25, 0.3) is 0 Å². The lowest BCUT2D eigenvalue weighted by molar-refractivity contribution is 0.102. The lowest BCUT2D eigenvalue weighted by Crippen LogP contribution is -2.15. The summed E-state index contributed by atoms with van der Waals surface area (Å²) in [5, 5.41) is 2.62. The van der Waals surface area contributed by atoms with Gasteiger partial charge in [0.15, 0.2) is 0 Å². The van der Waals surface area contributed by atoms with Gasteiger partial charge in [0.2, 0.25) is 0 Å². The maximum absolute atomic E-state index is 13.6. The molecule has 0 heterocycles. The second kappa shape index (κ2) is 5.16. The van der Waals surface area contributed by atoms with Crippen LogP contribution in [-0.4, -0.2) is 5.91 Å². The summed E-state index contributed by atoms with van der Waals surface area (Å²) in [6.45, 7) is 0. The second-order valence-electron chi connectivity index (χ2n) is 5.14. The summed E-state index contributed by atoms with van der Waals surface area (Å²) in [5.41, 5.74) is 7.93. The van der Waals surface area contributed by atoms with Gasteiger partial charge in [-0.15, -0.1) is 0 Å². The lowest BCUT2D eigenvalue weighted by atomic mass is 10.1. The molecule has 0 saturated heterocycles. The Morgan fingerprint density at radius 1 is 1.05 bits per heavy atom. The summed E-state index contributed by atoms with van der Waals surface area (Å²) in [4.78, 5) is 12.1. The van der Waals surface area contributed by atoms with E-state index in [0.717, 1.165) is 25.3 Å². The van der Waals surface area contributed by atoms with Crippen molar-refractivity contribution in [2.24, 2.45) is 0 Å². The van der Waals surface area contributed by atoms with Crippen LogP contribution in [0.2, 0.25) is 0 Å². The predicted molar refractivity (Wildman–Crippen MR) is 77.2 cm³/mol. The Morgan fingerprint density at radius 3 is 2.62 bits per heavy atom. The van der Waals surface area contributed by atoms with Crippen molar-refractivity contribution in [3.05, 3.63) is 58.7 Å². The Morgan fingerprint density at radius 2 is 1.81 bits per heavy atom. The number of nitrogen functional groups attached to an aromatic ring is 1. The Bertz CT molecular complexity index is 728. The molecule has 2 aromatic rings. The quantitative estimate of drug-likeness (QED) is 0.833. The molecule has 0 radical (unpaired) electrons. The number of nitrogens with one attached hydrogen (secondary N) is 1. The van der Waals surface area contributed by atoms with Gasteiger partial charge in [-0.1, -0.05) is 6.07 Å². The van der Waals surface area contributed by atoms with Crippen molar-refractivity contribution >= 4 is 17.3 Å². The van der Waals surface area contributed by atoms with Crippen LogP contribution in [0, 0.1) is 11.6 Å². The average Bonchev–Trinajstić information content (AvgIpc) is 2.90. The molecule has 1 aliphatic rings. The van der Waals surface area contributed by atoms with E-state index in [1.165, 1.54) is 11.1 Å². The molecule has 0 fully saturated rings. The summed E-state index contributed by atoms with van der Waals surface area (Å²) < 4.78 is 26.8. The van der Waals surface area contributed by atoms with E-state index >= 15 is 0 Å². The zero-order chi connectivity index (χ0) is 15.0.